The Bertz CT molecular complexity index is 2030. The summed E-state index contributed by atoms with van der Waals surface area (Å²) in [5, 5.41) is 0. The SMILES string of the molecule is COC(=O)C[C@H](C(=O)N1CCC[C@H]1C(=O)Cc1ccc([C@H]2CC[C@@H](c3ccc(CC(=O)[C@@H]4CCCN4C(=O)[C@@H](CC(=O)OC)C(C)(C)C)cc3)N2c2ccc(F)cc2)cc1)C(C)(C)C. The van der Waals surface area contributed by atoms with Crippen LogP contribution in [0.3, 0.4) is 0 Å². The largest absolute Gasteiger partial charge is 0.469 e. The molecular formula is C52H66FN3O8. The normalized spacial score (nSPS) is 21.1. The van der Waals surface area contributed by atoms with Crippen LogP contribution in [0.2, 0.25) is 0 Å². The van der Waals surface area contributed by atoms with Gasteiger partial charge in [0.1, 0.15) is 5.82 Å². The van der Waals surface area contributed by atoms with Crippen LogP contribution in [0, 0.1) is 28.5 Å². The molecule has 0 radical (unpaired) electrons. The van der Waals surface area contributed by atoms with E-state index in [0.29, 0.717) is 25.9 Å². The average Bonchev–Trinajstić information content (AvgIpc) is 4.05. The molecule has 64 heavy (non-hydrogen) atoms. The van der Waals surface area contributed by atoms with Crippen LogP contribution in [-0.4, -0.2) is 84.5 Å². The van der Waals surface area contributed by atoms with Crippen LogP contribution >= 0.6 is 0 Å². The summed E-state index contributed by atoms with van der Waals surface area (Å²) in [5.41, 5.74) is 3.73. The van der Waals surface area contributed by atoms with E-state index in [1.54, 1.807) is 21.9 Å². The maximum Gasteiger partial charge on any atom is 0.306 e. The molecular weight excluding hydrogens is 814 g/mol. The maximum absolute atomic E-state index is 14.2. The van der Waals surface area contributed by atoms with E-state index >= 15 is 0 Å². The molecule has 3 heterocycles. The zero-order valence-corrected chi connectivity index (χ0v) is 38.9. The van der Waals surface area contributed by atoms with E-state index in [9.17, 15) is 33.2 Å². The van der Waals surface area contributed by atoms with E-state index in [4.69, 9.17) is 9.47 Å². The van der Waals surface area contributed by atoms with E-state index in [0.717, 1.165) is 53.6 Å². The standard InChI is InChI=1S/C52H66FN3O8/c1-51(2,3)39(31-47(59)63-7)49(61)54-27-9-11-43(54)45(57)29-33-13-17-35(18-14-33)41-25-26-42(56(41)38-23-21-37(53)22-24-38)36-19-15-34(16-20-36)30-46(58)44-12-10-28-55(44)50(62)40(52(4,5)6)32-48(60)64-8/h13-24,39-44H,9-12,25-32H2,1-8H3/t39-,40-,41-,42+,43+,44+/m1/s1. The van der Waals surface area contributed by atoms with E-state index in [-0.39, 0.29) is 67.0 Å². The van der Waals surface area contributed by atoms with Gasteiger partial charge in [-0.1, -0.05) is 90.1 Å². The molecule has 3 fully saturated rings. The van der Waals surface area contributed by atoms with Gasteiger partial charge in [0.25, 0.3) is 0 Å². The molecule has 0 N–H and O–H groups in total. The monoisotopic (exact) mass is 879 g/mol. The first-order chi connectivity index (χ1) is 30.3. The van der Waals surface area contributed by atoms with Crippen molar-refractivity contribution >= 4 is 41.0 Å². The topological polar surface area (TPSA) is 131 Å². The number of rotatable bonds is 15. The summed E-state index contributed by atoms with van der Waals surface area (Å²) >= 11 is 0. The minimum absolute atomic E-state index is 0.0257. The van der Waals surface area contributed by atoms with Crippen LogP contribution in [0.4, 0.5) is 10.1 Å². The molecule has 0 unspecified atom stereocenters. The molecule has 12 heteroatoms. The Morgan fingerprint density at radius 2 is 0.953 bits per heavy atom. The first-order valence-corrected chi connectivity index (χ1v) is 22.8. The molecule has 0 saturated carbocycles. The third-order valence-electron chi connectivity index (χ3n) is 13.7. The molecule has 3 saturated heterocycles. The van der Waals surface area contributed by atoms with Crippen molar-refractivity contribution in [3.63, 3.8) is 0 Å². The number of amides is 2. The van der Waals surface area contributed by atoms with Gasteiger partial charge in [-0.2, -0.15) is 0 Å². The second-order valence-electron chi connectivity index (χ2n) is 20.0. The van der Waals surface area contributed by atoms with Crippen LogP contribution in [0.5, 0.6) is 0 Å². The number of benzene rings is 3. The minimum Gasteiger partial charge on any atom is -0.469 e. The van der Waals surface area contributed by atoms with Gasteiger partial charge >= 0.3 is 11.9 Å². The fourth-order valence-corrected chi connectivity index (χ4v) is 9.95. The third kappa shape index (κ3) is 11.1. The Morgan fingerprint density at radius 1 is 0.578 bits per heavy atom. The Hall–Kier alpha value is -5.39. The number of carbonyl (C=O) groups excluding carboxylic acids is 6. The van der Waals surface area contributed by atoms with Crippen molar-refractivity contribution in [1.82, 2.24) is 9.80 Å². The van der Waals surface area contributed by atoms with Crippen LogP contribution in [0.15, 0.2) is 72.8 Å². The zero-order valence-electron chi connectivity index (χ0n) is 38.9. The lowest BCUT2D eigenvalue weighted by atomic mass is 9.77. The molecule has 2 amide bonds. The number of hydrogen-bond acceptors (Lipinski definition) is 9. The van der Waals surface area contributed by atoms with Gasteiger partial charge in [-0.05, 0) is 95.9 Å². The van der Waals surface area contributed by atoms with E-state index < -0.39 is 46.7 Å². The number of nitrogens with zero attached hydrogens (tertiary/aromatic N) is 3. The van der Waals surface area contributed by atoms with Crippen molar-refractivity contribution in [3.8, 4) is 0 Å². The molecule has 11 nitrogen and oxygen atoms in total. The highest BCUT2D eigenvalue weighted by molar-refractivity contribution is 5.94. The van der Waals surface area contributed by atoms with Crippen LogP contribution in [-0.2, 0) is 51.1 Å². The number of halogens is 1. The fraction of sp³-hybridized carbons (Fsp3) is 0.538. The minimum atomic E-state index is -0.602. The molecule has 3 aromatic rings. The van der Waals surface area contributed by atoms with E-state index in [1.807, 2.05) is 65.8 Å². The van der Waals surface area contributed by atoms with Crippen molar-refractivity contribution in [2.45, 2.75) is 130 Å². The lowest BCUT2D eigenvalue weighted by Crippen LogP contribution is -2.47. The van der Waals surface area contributed by atoms with Gasteiger partial charge in [0.05, 0.1) is 63.1 Å². The van der Waals surface area contributed by atoms with Crippen molar-refractivity contribution in [3.05, 3.63) is 101 Å². The third-order valence-corrected chi connectivity index (χ3v) is 13.7. The average molecular weight is 880 g/mol. The highest BCUT2D eigenvalue weighted by Crippen LogP contribution is 2.47. The van der Waals surface area contributed by atoms with Crippen LogP contribution < -0.4 is 4.90 Å². The number of carbonyl (C=O) groups is 6. The first-order valence-electron chi connectivity index (χ1n) is 22.8. The first kappa shape index (κ1) is 48.1. The lowest BCUT2D eigenvalue weighted by molar-refractivity contribution is -0.151. The summed E-state index contributed by atoms with van der Waals surface area (Å²) in [7, 11) is 2.63. The summed E-state index contributed by atoms with van der Waals surface area (Å²) < 4.78 is 24.0. The van der Waals surface area contributed by atoms with Gasteiger partial charge < -0.3 is 24.2 Å². The van der Waals surface area contributed by atoms with Crippen molar-refractivity contribution in [2.75, 3.05) is 32.2 Å². The van der Waals surface area contributed by atoms with Crippen molar-refractivity contribution in [2.24, 2.45) is 22.7 Å². The number of Topliss-reactive ketones (excluding diaryl/α,β-unsaturated/α-hetero) is 2. The molecule has 6 atom stereocenters. The molecule has 0 aromatic heterocycles. The number of ether oxygens (including phenoxy) is 2. The predicted octanol–water partition coefficient (Wildman–Crippen LogP) is 8.56. The van der Waals surface area contributed by atoms with Gasteiger partial charge in [-0.25, -0.2) is 4.39 Å². The number of methoxy groups -OCH3 is 2. The van der Waals surface area contributed by atoms with Crippen LogP contribution in [0.1, 0.15) is 127 Å². The number of ketones is 2. The second-order valence-corrected chi connectivity index (χ2v) is 20.0. The van der Waals surface area contributed by atoms with Crippen molar-refractivity contribution in [1.29, 1.82) is 0 Å². The highest BCUT2D eigenvalue weighted by Gasteiger charge is 2.44. The van der Waals surface area contributed by atoms with Gasteiger partial charge in [0.15, 0.2) is 11.6 Å². The fourth-order valence-electron chi connectivity index (χ4n) is 9.95. The van der Waals surface area contributed by atoms with Crippen molar-refractivity contribution < 1.29 is 42.6 Å². The molecule has 3 aliphatic heterocycles. The molecule has 0 bridgehead atoms. The molecule has 6 rings (SSSR count). The predicted molar refractivity (Wildman–Crippen MR) is 243 cm³/mol. The lowest BCUT2D eigenvalue weighted by Gasteiger charge is -2.34. The molecule has 3 aliphatic rings. The Balaban J connectivity index is 1.14. The summed E-state index contributed by atoms with van der Waals surface area (Å²) in [6.45, 7) is 12.5. The van der Waals surface area contributed by atoms with Gasteiger partial charge in [-0.3, -0.25) is 28.8 Å². The number of anilines is 1. The molecule has 3 aromatic carbocycles. The van der Waals surface area contributed by atoms with Gasteiger partial charge in [0, 0.05) is 31.6 Å². The number of likely N-dealkylation sites (tertiary alicyclic amines) is 2. The Kier molecular flexibility index (Phi) is 15.2. The Labute approximate surface area is 378 Å². The molecule has 0 aliphatic carbocycles. The smallest absolute Gasteiger partial charge is 0.306 e. The Morgan fingerprint density at radius 3 is 1.30 bits per heavy atom. The summed E-state index contributed by atoms with van der Waals surface area (Å²) in [6.07, 6.45) is 4.56. The van der Waals surface area contributed by atoms with Gasteiger partial charge in [0.2, 0.25) is 11.8 Å². The number of hydrogen-bond donors (Lipinski definition) is 0. The summed E-state index contributed by atoms with van der Waals surface area (Å²) in [5.74, 6) is -2.84. The zero-order chi connectivity index (χ0) is 46.5. The molecule has 0 spiro atoms. The summed E-state index contributed by atoms with van der Waals surface area (Å²) in [6, 6.07) is 21.5. The van der Waals surface area contributed by atoms with Crippen LogP contribution in [0.25, 0.3) is 0 Å². The maximum atomic E-state index is 14.2. The molecule has 344 valence electrons. The second kappa shape index (κ2) is 20.2. The highest BCUT2D eigenvalue weighted by atomic mass is 19.1. The quantitative estimate of drug-likeness (QED) is 0.138. The number of esters is 2. The van der Waals surface area contributed by atoms with E-state index in [1.165, 1.54) is 26.4 Å². The van der Waals surface area contributed by atoms with Gasteiger partial charge in [-0.15, -0.1) is 0 Å². The van der Waals surface area contributed by atoms with E-state index in [2.05, 4.69) is 29.2 Å². The summed E-state index contributed by atoms with van der Waals surface area (Å²) in [4.78, 5) is 85.4.